The fraction of sp³-hybridized carbons (Fsp3) is 0.300. The largest absolute Gasteiger partial charge is 0.466 e. The summed E-state index contributed by atoms with van der Waals surface area (Å²) in [5.74, 6) is -0.592. The van der Waals surface area contributed by atoms with Crippen LogP contribution in [0.25, 0.3) is 0 Å². The number of benzene rings is 2. The predicted molar refractivity (Wildman–Crippen MR) is 108 cm³/mol. The highest BCUT2D eigenvalue weighted by molar-refractivity contribution is 8.00. The highest BCUT2D eigenvalue weighted by Gasteiger charge is 2.48. The highest BCUT2D eigenvalue weighted by atomic mass is 35.5. The number of rotatable bonds is 6. The van der Waals surface area contributed by atoms with Crippen LogP contribution in [0.15, 0.2) is 36.4 Å². The van der Waals surface area contributed by atoms with Gasteiger partial charge in [-0.3, -0.25) is 9.59 Å². The highest BCUT2D eigenvalue weighted by Crippen LogP contribution is 2.49. The van der Waals surface area contributed by atoms with E-state index >= 15 is 0 Å². The number of esters is 1. The van der Waals surface area contributed by atoms with Crippen molar-refractivity contribution in [3.05, 3.63) is 52.5 Å². The van der Waals surface area contributed by atoms with E-state index in [0.29, 0.717) is 11.3 Å². The molecule has 2 aromatic carbocycles. The minimum Gasteiger partial charge on any atom is -0.466 e. The first-order valence-electron chi connectivity index (χ1n) is 8.82. The zero-order valence-corrected chi connectivity index (χ0v) is 17.5. The molecule has 1 N–H and O–H groups in total. The molecule has 3 rings (SSSR count). The van der Waals surface area contributed by atoms with Crippen molar-refractivity contribution in [2.45, 2.75) is 24.3 Å². The lowest BCUT2D eigenvalue weighted by Crippen LogP contribution is -2.34. The van der Waals surface area contributed by atoms with Crippen LogP contribution in [0.4, 0.5) is 18.9 Å². The van der Waals surface area contributed by atoms with E-state index in [9.17, 15) is 22.8 Å². The zero-order chi connectivity index (χ0) is 22.1. The second-order valence-corrected chi connectivity index (χ2v) is 7.93. The summed E-state index contributed by atoms with van der Waals surface area (Å²) < 4.78 is 47.9. The fourth-order valence-electron chi connectivity index (χ4n) is 3.13. The molecular weight excluding hydrogens is 443 g/mol. The van der Waals surface area contributed by atoms with Crippen molar-refractivity contribution < 1.29 is 32.2 Å². The first-order valence-corrected chi connectivity index (χ1v) is 10.4. The number of thioether (sulfide) groups is 1. The minimum atomic E-state index is -4.52. The van der Waals surface area contributed by atoms with E-state index in [1.165, 1.54) is 11.8 Å². The van der Waals surface area contributed by atoms with Gasteiger partial charge in [-0.15, -0.1) is 11.8 Å². The summed E-state index contributed by atoms with van der Waals surface area (Å²) in [5.41, 5.74) is 0.150. The van der Waals surface area contributed by atoms with Crippen LogP contribution in [0, 0.1) is 0 Å². The SMILES string of the molecule is CCOC(=O)CC1(SC)C(=O)Nc2ccc(Oc3ccc(C(F)(F)F)cc3Cl)cc21. The summed E-state index contributed by atoms with van der Waals surface area (Å²) in [6.45, 7) is 1.86. The average Bonchev–Trinajstić information content (AvgIpc) is 2.94. The molecule has 2 aromatic rings. The number of fused-ring (bicyclic) bond motifs is 1. The van der Waals surface area contributed by atoms with E-state index in [1.807, 2.05) is 0 Å². The number of hydrogen-bond donors (Lipinski definition) is 1. The number of hydrogen-bond acceptors (Lipinski definition) is 5. The molecule has 1 heterocycles. The predicted octanol–water partition coefficient (Wildman–Crippen LogP) is 5.61. The van der Waals surface area contributed by atoms with Crippen LogP contribution < -0.4 is 10.1 Å². The van der Waals surface area contributed by atoms with Crippen molar-refractivity contribution in [1.29, 1.82) is 0 Å². The molecule has 0 saturated carbocycles. The van der Waals surface area contributed by atoms with E-state index < -0.39 is 22.5 Å². The molecule has 5 nitrogen and oxygen atoms in total. The zero-order valence-electron chi connectivity index (χ0n) is 15.9. The van der Waals surface area contributed by atoms with Gasteiger partial charge in [-0.2, -0.15) is 13.2 Å². The fourth-order valence-corrected chi connectivity index (χ4v) is 4.23. The van der Waals surface area contributed by atoms with Gasteiger partial charge in [0, 0.05) is 11.3 Å². The van der Waals surface area contributed by atoms with Gasteiger partial charge in [0.2, 0.25) is 5.91 Å². The number of alkyl halides is 3. The average molecular weight is 460 g/mol. The Bertz CT molecular complexity index is 999. The quantitative estimate of drug-likeness (QED) is 0.568. The summed E-state index contributed by atoms with van der Waals surface area (Å²) in [6.07, 6.45) is -2.99. The van der Waals surface area contributed by atoms with E-state index in [1.54, 1.807) is 31.4 Å². The third kappa shape index (κ3) is 4.22. The summed E-state index contributed by atoms with van der Waals surface area (Å²) >= 11 is 7.14. The smallest absolute Gasteiger partial charge is 0.416 e. The number of ether oxygens (including phenoxy) is 2. The van der Waals surface area contributed by atoms with Gasteiger partial charge >= 0.3 is 12.1 Å². The monoisotopic (exact) mass is 459 g/mol. The summed E-state index contributed by atoms with van der Waals surface area (Å²) in [6, 6.07) is 7.49. The van der Waals surface area contributed by atoms with Crippen LogP contribution in [0.2, 0.25) is 5.02 Å². The van der Waals surface area contributed by atoms with Crippen molar-refractivity contribution >= 4 is 40.9 Å². The van der Waals surface area contributed by atoms with Crippen molar-refractivity contribution in [3.8, 4) is 11.5 Å². The Morgan fingerprint density at radius 2 is 1.97 bits per heavy atom. The molecule has 1 unspecified atom stereocenters. The number of carbonyl (C=O) groups excluding carboxylic acids is 2. The maximum atomic E-state index is 12.8. The molecule has 1 amide bonds. The van der Waals surface area contributed by atoms with Gasteiger partial charge in [-0.1, -0.05) is 11.6 Å². The number of amides is 1. The van der Waals surface area contributed by atoms with E-state index in [4.69, 9.17) is 21.1 Å². The van der Waals surface area contributed by atoms with Crippen LogP contribution in [-0.4, -0.2) is 24.7 Å². The second kappa shape index (κ2) is 8.39. The van der Waals surface area contributed by atoms with Crippen LogP contribution in [0.1, 0.15) is 24.5 Å². The number of carbonyl (C=O) groups is 2. The topological polar surface area (TPSA) is 64.6 Å². The maximum Gasteiger partial charge on any atom is 0.416 e. The molecule has 160 valence electrons. The molecule has 1 aliphatic heterocycles. The number of anilines is 1. The maximum absolute atomic E-state index is 12.8. The van der Waals surface area contributed by atoms with Gasteiger partial charge in [-0.25, -0.2) is 0 Å². The lowest BCUT2D eigenvalue weighted by atomic mass is 9.95. The van der Waals surface area contributed by atoms with Crippen molar-refractivity contribution in [2.24, 2.45) is 0 Å². The number of halogens is 4. The molecule has 0 fully saturated rings. The molecule has 0 bridgehead atoms. The second-order valence-electron chi connectivity index (χ2n) is 6.42. The van der Waals surface area contributed by atoms with E-state index in [0.717, 1.165) is 18.2 Å². The molecule has 0 spiro atoms. The Balaban J connectivity index is 1.93. The molecule has 0 aromatic heterocycles. The normalized spacial score (nSPS) is 18.0. The first-order chi connectivity index (χ1) is 14.1. The molecule has 10 heteroatoms. The Morgan fingerprint density at radius 3 is 2.57 bits per heavy atom. The van der Waals surface area contributed by atoms with Gasteiger partial charge in [0.05, 0.1) is 23.6 Å². The van der Waals surface area contributed by atoms with E-state index in [-0.39, 0.29) is 35.5 Å². The van der Waals surface area contributed by atoms with Crippen molar-refractivity contribution in [2.75, 3.05) is 18.2 Å². The lowest BCUT2D eigenvalue weighted by molar-refractivity contribution is -0.145. The van der Waals surface area contributed by atoms with Gasteiger partial charge in [0.15, 0.2) is 0 Å². The molecule has 0 saturated heterocycles. The van der Waals surface area contributed by atoms with Gasteiger partial charge in [0.1, 0.15) is 16.2 Å². The van der Waals surface area contributed by atoms with Crippen LogP contribution in [-0.2, 0) is 25.2 Å². The van der Waals surface area contributed by atoms with Crippen molar-refractivity contribution in [3.63, 3.8) is 0 Å². The standard InChI is InChI=1S/C20H17ClF3NO4S/c1-3-28-17(26)10-19(30-2)13-9-12(5-6-15(13)25-18(19)27)29-16-7-4-11(8-14(16)21)20(22,23)24/h4-9H,3,10H2,1-2H3,(H,25,27). The summed E-state index contributed by atoms with van der Waals surface area (Å²) in [4.78, 5) is 24.8. The summed E-state index contributed by atoms with van der Waals surface area (Å²) in [7, 11) is 0. The molecular formula is C20H17ClF3NO4S. The molecule has 1 atom stereocenters. The third-order valence-electron chi connectivity index (χ3n) is 4.58. The van der Waals surface area contributed by atoms with Gasteiger partial charge in [-0.05, 0) is 49.6 Å². The Labute approximate surface area is 179 Å². The Hall–Kier alpha value is -2.39. The van der Waals surface area contributed by atoms with Gasteiger partial charge < -0.3 is 14.8 Å². The molecule has 30 heavy (non-hydrogen) atoms. The third-order valence-corrected chi connectivity index (χ3v) is 6.12. The Morgan fingerprint density at radius 1 is 1.23 bits per heavy atom. The molecule has 0 aliphatic carbocycles. The summed E-state index contributed by atoms with van der Waals surface area (Å²) in [5, 5.41) is 2.53. The molecule has 0 radical (unpaired) electrons. The molecule has 1 aliphatic rings. The number of nitrogens with one attached hydrogen (secondary N) is 1. The minimum absolute atomic E-state index is 0.0297. The lowest BCUT2D eigenvalue weighted by Gasteiger charge is -2.24. The van der Waals surface area contributed by atoms with Gasteiger partial charge in [0.25, 0.3) is 0 Å². The van der Waals surface area contributed by atoms with Crippen molar-refractivity contribution in [1.82, 2.24) is 0 Å². The van der Waals surface area contributed by atoms with Crippen LogP contribution in [0.5, 0.6) is 11.5 Å². The van der Waals surface area contributed by atoms with Crippen LogP contribution >= 0.6 is 23.4 Å². The van der Waals surface area contributed by atoms with E-state index in [2.05, 4.69) is 5.32 Å². The van der Waals surface area contributed by atoms with Crippen LogP contribution in [0.3, 0.4) is 0 Å². The Kier molecular flexibility index (Phi) is 6.24. The first kappa shape index (κ1) is 22.3.